The maximum absolute atomic E-state index is 12.8. The van der Waals surface area contributed by atoms with Crippen LogP contribution in [0.4, 0.5) is 0 Å². The van der Waals surface area contributed by atoms with E-state index in [2.05, 4.69) is 12.2 Å². The van der Waals surface area contributed by atoms with Crippen molar-refractivity contribution >= 4 is 29.3 Å². The van der Waals surface area contributed by atoms with Crippen LogP contribution in [0.25, 0.3) is 0 Å². The summed E-state index contributed by atoms with van der Waals surface area (Å²) in [7, 11) is 1.98. The molecule has 1 amide bonds. The number of nitrogens with one attached hydrogen (secondary N) is 1. The number of hydrogen-bond acceptors (Lipinski definition) is 3. The van der Waals surface area contributed by atoms with Crippen LogP contribution in [0.15, 0.2) is 23.1 Å². The Morgan fingerprint density at radius 3 is 2.76 bits per heavy atom. The third-order valence-corrected chi connectivity index (χ3v) is 5.06. The van der Waals surface area contributed by atoms with Gasteiger partial charge < -0.3 is 10.2 Å². The summed E-state index contributed by atoms with van der Waals surface area (Å²) in [5.74, 6) is 1.76. The Morgan fingerprint density at radius 2 is 2.14 bits per heavy atom. The first-order valence-electron chi connectivity index (χ1n) is 7.52. The van der Waals surface area contributed by atoms with Gasteiger partial charge in [-0.25, -0.2) is 0 Å². The number of halogens is 1. The zero-order valence-corrected chi connectivity index (χ0v) is 14.3. The highest BCUT2D eigenvalue weighted by Crippen LogP contribution is 2.28. The van der Waals surface area contributed by atoms with Gasteiger partial charge in [0.1, 0.15) is 0 Å². The first kappa shape index (κ1) is 16.7. The van der Waals surface area contributed by atoms with Gasteiger partial charge in [-0.15, -0.1) is 11.8 Å². The molecule has 21 heavy (non-hydrogen) atoms. The summed E-state index contributed by atoms with van der Waals surface area (Å²) >= 11 is 7.77. The van der Waals surface area contributed by atoms with Crippen LogP contribution in [0.2, 0.25) is 5.02 Å². The van der Waals surface area contributed by atoms with E-state index in [1.165, 1.54) is 0 Å². The van der Waals surface area contributed by atoms with E-state index in [0.29, 0.717) is 10.9 Å². The number of carbonyl (C=O) groups is 1. The van der Waals surface area contributed by atoms with Crippen LogP contribution in [0.1, 0.15) is 30.1 Å². The van der Waals surface area contributed by atoms with Gasteiger partial charge in [-0.05, 0) is 56.3 Å². The lowest BCUT2D eigenvalue weighted by Crippen LogP contribution is -2.40. The molecule has 116 valence electrons. The number of thioether (sulfide) groups is 1. The second-order valence-electron chi connectivity index (χ2n) is 5.37. The molecule has 0 atom stereocenters. The lowest BCUT2D eigenvalue weighted by Gasteiger charge is -2.32. The van der Waals surface area contributed by atoms with Gasteiger partial charge in [0.05, 0.1) is 5.56 Å². The average Bonchev–Trinajstić information content (AvgIpc) is 2.50. The molecular formula is C16H23ClN2OS. The minimum atomic E-state index is 0.122. The molecule has 1 fully saturated rings. The first-order chi connectivity index (χ1) is 10.2. The molecular weight excluding hydrogens is 304 g/mol. The molecule has 2 rings (SSSR count). The van der Waals surface area contributed by atoms with E-state index in [9.17, 15) is 4.79 Å². The van der Waals surface area contributed by atoms with E-state index in [4.69, 9.17) is 11.6 Å². The Labute approximate surface area is 136 Å². The number of likely N-dealkylation sites (tertiary alicyclic amines) is 1. The maximum atomic E-state index is 12.8. The van der Waals surface area contributed by atoms with Gasteiger partial charge in [-0.1, -0.05) is 18.5 Å². The lowest BCUT2D eigenvalue weighted by atomic mass is 9.96. The number of rotatable bonds is 5. The third-order valence-electron chi connectivity index (χ3n) is 3.87. The summed E-state index contributed by atoms with van der Waals surface area (Å²) in [6, 6.07) is 5.62. The fourth-order valence-corrected chi connectivity index (χ4v) is 3.70. The van der Waals surface area contributed by atoms with Crippen molar-refractivity contribution in [2.24, 2.45) is 5.92 Å². The van der Waals surface area contributed by atoms with Crippen molar-refractivity contribution in [3.8, 4) is 0 Å². The van der Waals surface area contributed by atoms with Gasteiger partial charge in [-0.2, -0.15) is 0 Å². The monoisotopic (exact) mass is 326 g/mol. The highest BCUT2D eigenvalue weighted by atomic mass is 35.5. The van der Waals surface area contributed by atoms with E-state index in [-0.39, 0.29) is 5.91 Å². The molecule has 0 aromatic heterocycles. The predicted molar refractivity (Wildman–Crippen MR) is 90.4 cm³/mol. The highest BCUT2D eigenvalue weighted by molar-refractivity contribution is 7.99. The lowest BCUT2D eigenvalue weighted by molar-refractivity contribution is 0.0687. The molecule has 3 nitrogen and oxygen atoms in total. The number of amides is 1. The molecule has 0 saturated carbocycles. The van der Waals surface area contributed by atoms with Crippen LogP contribution in [0.3, 0.4) is 0 Å². The average molecular weight is 327 g/mol. The van der Waals surface area contributed by atoms with Crippen molar-refractivity contribution < 1.29 is 4.79 Å². The van der Waals surface area contributed by atoms with Gasteiger partial charge >= 0.3 is 0 Å². The normalized spacial score (nSPS) is 16.2. The zero-order chi connectivity index (χ0) is 15.2. The fraction of sp³-hybridized carbons (Fsp3) is 0.562. The van der Waals surface area contributed by atoms with Crippen molar-refractivity contribution in [1.82, 2.24) is 10.2 Å². The van der Waals surface area contributed by atoms with Crippen LogP contribution < -0.4 is 5.32 Å². The van der Waals surface area contributed by atoms with Crippen LogP contribution in [0, 0.1) is 5.92 Å². The molecule has 0 aliphatic carbocycles. The van der Waals surface area contributed by atoms with Crippen molar-refractivity contribution in [2.75, 3.05) is 32.4 Å². The molecule has 1 aromatic carbocycles. The Balaban J connectivity index is 2.08. The van der Waals surface area contributed by atoms with Crippen LogP contribution in [0.5, 0.6) is 0 Å². The van der Waals surface area contributed by atoms with Crippen LogP contribution >= 0.6 is 23.4 Å². The summed E-state index contributed by atoms with van der Waals surface area (Å²) in [6.07, 6.45) is 2.15. The van der Waals surface area contributed by atoms with Crippen molar-refractivity contribution in [3.05, 3.63) is 28.8 Å². The number of piperidine rings is 1. The Bertz CT molecular complexity index is 487. The smallest absolute Gasteiger partial charge is 0.255 e. The third kappa shape index (κ3) is 4.38. The Hall–Kier alpha value is -0.710. The van der Waals surface area contributed by atoms with E-state index >= 15 is 0 Å². The van der Waals surface area contributed by atoms with Gasteiger partial charge in [0, 0.05) is 23.0 Å². The second-order valence-corrected chi connectivity index (χ2v) is 7.11. The highest BCUT2D eigenvalue weighted by Gasteiger charge is 2.24. The minimum Gasteiger partial charge on any atom is -0.339 e. The molecule has 0 unspecified atom stereocenters. The molecule has 5 heteroatoms. The topological polar surface area (TPSA) is 32.3 Å². The van der Waals surface area contributed by atoms with Crippen molar-refractivity contribution in [1.29, 1.82) is 0 Å². The summed E-state index contributed by atoms with van der Waals surface area (Å²) < 4.78 is 0. The molecule has 0 radical (unpaired) electrons. The quantitative estimate of drug-likeness (QED) is 0.840. The minimum absolute atomic E-state index is 0.122. The summed E-state index contributed by atoms with van der Waals surface area (Å²) in [5.41, 5.74) is 0.751. The second kappa shape index (κ2) is 8.06. The zero-order valence-electron chi connectivity index (χ0n) is 12.7. The fourth-order valence-electron chi connectivity index (χ4n) is 2.75. The van der Waals surface area contributed by atoms with Gasteiger partial charge in [0.25, 0.3) is 5.91 Å². The molecule has 1 aromatic rings. The van der Waals surface area contributed by atoms with Gasteiger partial charge in [0.2, 0.25) is 0 Å². The van der Waals surface area contributed by atoms with E-state index < -0.39 is 0 Å². The molecule has 1 heterocycles. The molecule has 1 aliphatic rings. The maximum Gasteiger partial charge on any atom is 0.255 e. The molecule has 0 spiro atoms. The molecule has 1 aliphatic heterocycles. The summed E-state index contributed by atoms with van der Waals surface area (Å²) in [5, 5.41) is 3.85. The number of carbonyl (C=O) groups excluding carboxylic acids is 1. The first-order valence-corrected chi connectivity index (χ1v) is 8.88. The number of nitrogens with zero attached hydrogens (tertiary/aromatic N) is 1. The standard InChI is InChI=1S/C16H23ClN2OS/c1-3-21-15-5-4-13(17)10-14(15)16(20)19-8-6-12(7-9-19)11-18-2/h4-5,10,12,18H,3,6-9,11H2,1-2H3. The summed E-state index contributed by atoms with van der Waals surface area (Å²) in [4.78, 5) is 15.8. The Kier molecular flexibility index (Phi) is 6.40. The largest absolute Gasteiger partial charge is 0.339 e. The summed E-state index contributed by atoms with van der Waals surface area (Å²) in [6.45, 7) is 4.81. The van der Waals surface area contributed by atoms with E-state index in [1.54, 1.807) is 11.8 Å². The van der Waals surface area contributed by atoms with E-state index in [1.807, 2.05) is 30.1 Å². The Morgan fingerprint density at radius 1 is 1.43 bits per heavy atom. The molecule has 0 bridgehead atoms. The number of benzene rings is 1. The van der Waals surface area contributed by atoms with Crippen LogP contribution in [-0.2, 0) is 0 Å². The molecule has 1 saturated heterocycles. The van der Waals surface area contributed by atoms with Crippen molar-refractivity contribution in [3.63, 3.8) is 0 Å². The van der Waals surface area contributed by atoms with Gasteiger partial charge in [-0.3, -0.25) is 4.79 Å². The van der Waals surface area contributed by atoms with E-state index in [0.717, 1.165) is 48.7 Å². The predicted octanol–water partition coefficient (Wildman–Crippen LogP) is 3.52. The molecule has 1 N–H and O–H groups in total. The van der Waals surface area contributed by atoms with Crippen LogP contribution in [-0.4, -0.2) is 43.2 Å². The number of hydrogen-bond donors (Lipinski definition) is 1. The van der Waals surface area contributed by atoms with Crippen molar-refractivity contribution in [2.45, 2.75) is 24.7 Å². The van der Waals surface area contributed by atoms with Gasteiger partial charge in [0.15, 0.2) is 0 Å². The SMILES string of the molecule is CCSc1ccc(Cl)cc1C(=O)N1CCC(CNC)CC1.